The minimum Gasteiger partial charge on any atom is -0.465 e. The maximum atomic E-state index is 14.7. The molecule has 42 heavy (non-hydrogen) atoms. The Morgan fingerprint density at radius 3 is 2.79 bits per heavy atom. The van der Waals surface area contributed by atoms with Crippen LogP contribution in [0.25, 0.3) is 11.0 Å². The van der Waals surface area contributed by atoms with Gasteiger partial charge in [-0.2, -0.15) is 0 Å². The van der Waals surface area contributed by atoms with Gasteiger partial charge in [0.25, 0.3) is 0 Å². The molecule has 3 fully saturated rings. The number of hydrogen-bond donors (Lipinski definition) is 1. The Morgan fingerprint density at radius 1 is 1.29 bits per heavy atom. The fourth-order valence-corrected chi connectivity index (χ4v) is 9.27. The molecule has 1 aromatic heterocycles. The second kappa shape index (κ2) is 12.6. The van der Waals surface area contributed by atoms with E-state index in [9.17, 15) is 19.5 Å². The van der Waals surface area contributed by atoms with Gasteiger partial charge in [0.2, 0.25) is 11.8 Å². The van der Waals surface area contributed by atoms with E-state index >= 15 is 0 Å². The molecule has 2 unspecified atom stereocenters. The van der Waals surface area contributed by atoms with Crippen molar-refractivity contribution in [2.24, 2.45) is 17.8 Å². The Labute approximate surface area is 251 Å². The molecule has 5 rings (SSSR count). The molecule has 6 atom stereocenters. The van der Waals surface area contributed by atoms with Gasteiger partial charge >= 0.3 is 5.97 Å². The number of thioether (sulfide) groups is 1. The molecule has 3 aliphatic rings. The topological polar surface area (TPSA) is 118 Å². The molecule has 2 aromatic rings. The summed E-state index contributed by atoms with van der Waals surface area (Å²) in [4.78, 5) is 45.8. The zero-order valence-electron chi connectivity index (χ0n) is 24.4. The fraction of sp³-hybridized carbons (Fsp3) is 0.581. The fourth-order valence-electron chi connectivity index (χ4n) is 7.08. The van der Waals surface area contributed by atoms with E-state index in [-0.39, 0.29) is 55.4 Å². The molecule has 10 nitrogen and oxygen atoms in total. The number of nitrogens with zero attached hydrogens (tertiary/aromatic N) is 5. The number of ether oxygens (including phenoxy) is 1. The monoisotopic (exact) mass is 595 g/mol. The van der Waals surface area contributed by atoms with E-state index < -0.39 is 28.7 Å². The second-order valence-corrected chi connectivity index (χ2v) is 13.5. The molecule has 2 amide bonds. The number of aliphatic hydroxyl groups is 1. The molecule has 3 aliphatic heterocycles. The number of carbonyl (C=O) groups is 3. The first kappa shape index (κ1) is 30.3. The minimum absolute atomic E-state index is 0.0897. The molecular weight excluding hydrogens is 554 g/mol. The number of carbonyl (C=O) groups excluding carboxylic acids is 3. The second-order valence-electron chi connectivity index (χ2n) is 11.9. The van der Waals surface area contributed by atoms with Gasteiger partial charge in [-0.25, -0.2) is 4.68 Å². The van der Waals surface area contributed by atoms with Gasteiger partial charge in [0, 0.05) is 11.8 Å². The molecular formula is C31H41N5O5S. The van der Waals surface area contributed by atoms with Crippen LogP contribution < -0.4 is 0 Å². The van der Waals surface area contributed by atoms with Crippen molar-refractivity contribution >= 4 is 40.6 Å². The minimum atomic E-state index is -0.839. The third-order valence-corrected chi connectivity index (χ3v) is 10.7. The summed E-state index contributed by atoms with van der Waals surface area (Å²) < 4.78 is 6.56. The molecule has 2 bridgehead atoms. The predicted octanol–water partition coefficient (Wildman–Crippen LogP) is 3.41. The highest BCUT2D eigenvalue weighted by atomic mass is 32.2. The summed E-state index contributed by atoms with van der Waals surface area (Å²) in [6.45, 7) is 12.0. The summed E-state index contributed by atoms with van der Waals surface area (Å²) in [6, 6.07) is 6.15. The number of unbranched alkanes of at least 4 members (excludes halogenated alkanes) is 1. The van der Waals surface area contributed by atoms with Gasteiger partial charge in [-0.1, -0.05) is 43.3 Å². The first-order valence-corrected chi connectivity index (χ1v) is 15.7. The Hall–Kier alpha value is -3.18. The maximum absolute atomic E-state index is 14.7. The number of esters is 1. The average molecular weight is 596 g/mol. The molecule has 1 spiro atoms. The number of amides is 2. The SMILES string of the molecule is C=CCCCOC(=O)[C@@H]1[C@@H]2CCC3(S2)C(C(=O)N(CC=C)Cn2nnc4ccccc42)N([C@@H](CO)CC(C)C)C(=O)[C@H]13. The van der Waals surface area contributed by atoms with E-state index in [0.717, 1.165) is 23.9 Å². The molecule has 0 aliphatic carbocycles. The molecule has 4 heterocycles. The zero-order valence-corrected chi connectivity index (χ0v) is 25.2. The summed E-state index contributed by atoms with van der Waals surface area (Å²) in [5.41, 5.74) is 1.51. The number of benzene rings is 1. The lowest BCUT2D eigenvalue weighted by Crippen LogP contribution is -2.57. The summed E-state index contributed by atoms with van der Waals surface area (Å²) in [7, 11) is 0. The lowest BCUT2D eigenvalue weighted by atomic mass is 9.71. The standard InChI is InChI=1S/C31H41N5O5S/c1-5-7-10-16-41-30(40)25-24-13-14-31(42-24)26(25)28(38)36(21(18-37)17-20(3)4)27(31)29(39)34(15-6-2)19-35-23-12-9-8-11-22(23)32-33-35/h5-6,8-9,11-12,20-21,24-27,37H,1-2,7,10,13-19H2,3-4H3/t21-,24+,25-,26+,27?,31?/m1/s1. The van der Waals surface area contributed by atoms with E-state index in [1.54, 1.807) is 38.4 Å². The van der Waals surface area contributed by atoms with Crippen LogP contribution in [0.3, 0.4) is 0 Å². The largest absolute Gasteiger partial charge is 0.465 e. The first-order valence-electron chi connectivity index (χ1n) is 14.8. The van der Waals surface area contributed by atoms with Crippen molar-refractivity contribution in [3.63, 3.8) is 0 Å². The van der Waals surface area contributed by atoms with Gasteiger partial charge in [-0.15, -0.1) is 30.0 Å². The Bertz CT molecular complexity index is 1350. The third-order valence-electron chi connectivity index (χ3n) is 8.77. The van der Waals surface area contributed by atoms with Crippen LogP contribution in [-0.4, -0.2) is 89.5 Å². The smallest absolute Gasteiger partial charge is 0.310 e. The lowest BCUT2D eigenvalue weighted by Gasteiger charge is -2.40. The van der Waals surface area contributed by atoms with Crippen molar-refractivity contribution in [2.75, 3.05) is 19.8 Å². The molecule has 3 saturated heterocycles. The average Bonchev–Trinajstić information content (AvgIpc) is 3.73. The summed E-state index contributed by atoms with van der Waals surface area (Å²) in [5.74, 6) is -1.96. The highest BCUT2D eigenvalue weighted by Crippen LogP contribution is 2.67. The van der Waals surface area contributed by atoms with Crippen molar-refractivity contribution in [2.45, 2.75) is 74.7 Å². The van der Waals surface area contributed by atoms with E-state index in [2.05, 4.69) is 23.5 Å². The summed E-state index contributed by atoms with van der Waals surface area (Å²) in [5, 5.41) is 19.0. The Kier molecular flexibility index (Phi) is 9.08. The number of likely N-dealkylation sites (tertiary alicyclic amines) is 1. The quantitative estimate of drug-likeness (QED) is 0.201. The summed E-state index contributed by atoms with van der Waals surface area (Å²) in [6.07, 6.45) is 6.75. The van der Waals surface area contributed by atoms with E-state index in [0.29, 0.717) is 19.3 Å². The lowest BCUT2D eigenvalue weighted by molar-refractivity contribution is -0.154. The first-order chi connectivity index (χ1) is 20.3. The van der Waals surface area contributed by atoms with Crippen molar-refractivity contribution < 1.29 is 24.2 Å². The van der Waals surface area contributed by atoms with E-state index in [4.69, 9.17) is 4.74 Å². The van der Waals surface area contributed by atoms with Gasteiger partial charge in [0.1, 0.15) is 18.2 Å². The highest BCUT2D eigenvalue weighted by molar-refractivity contribution is 8.02. The third kappa shape index (κ3) is 5.25. The van der Waals surface area contributed by atoms with Crippen LogP contribution in [0.15, 0.2) is 49.6 Å². The Morgan fingerprint density at radius 2 is 2.07 bits per heavy atom. The Balaban J connectivity index is 1.51. The van der Waals surface area contributed by atoms with Crippen LogP contribution in [-0.2, 0) is 25.8 Å². The van der Waals surface area contributed by atoms with Gasteiger partial charge in [0.15, 0.2) is 0 Å². The zero-order chi connectivity index (χ0) is 30.0. The predicted molar refractivity (Wildman–Crippen MR) is 161 cm³/mol. The van der Waals surface area contributed by atoms with Crippen molar-refractivity contribution in [1.82, 2.24) is 24.8 Å². The number of allylic oxidation sites excluding steroid dienone is 1. The van der Waals surface area contributed by atoms with E-state index in [1.165, 1.54) is 0 Å². The van der Waals surface area contributed by atoms with Crippen LogP contribution in [0.5, 0.6) is 0 Å². The number of para-hydroxylation sites is 1. The van der Waals surface area contributed by atoms with Crippen LogP contribution in [0, 0.1) is 17.8 Å². The van der Waals surface area contributed by atoms with E-state index in [1.807, 2.05) is 38.1 Å². The number of hydrogen-bond acceptors (Lipinski definition) is 8. The molecule has 1 aromatic carbocycles. The number of aromatic nitrogens is 3. The molecule has 0 saturated carbocycles. The molecule has 226 valence electrons. The van der Waals surface area contributed by atoms with Gasteiger partial charge < -0.3 is 19.6 Å². The van der Waals surface area contributed by atoms with Gasteiger partial charge in [0.05, 0.1) is 41.4 Å². The van der Waals surface area contributed by atoms with Crippen LogP contribution in [0.1, 0.15) is 46.0 Å². The number of aliphatic hydroxyl groups excluding tert-OH is 1. The van der Waals surface area contributed by atoms with Crippen molar-refractivity contribution in [3.8, 4) is 0 Å². The number of rotatable bonds is 14. The molecule has 1 N–H and O–H groups in total. The van der Waals surface area contributed by atoms with Crippen LogP contribution in [0.2, 0.25) is 0 Å². The highest BCUT2D eigenvalue weighted by Gasteiger charge is 2.74. The van der Waals surface area contributed by atoms with Gasteiger partial charge in [-0.05, 0) is 50.2 Å². The number of fused-ring (bicyclic) bond motifs is 2. The van der Waals surface area contributed by atoms with Crippen LogP contribution >= 0.6 is 11.8 Å². The van der Waals surface area contributed by atoms with Gasteiger partial charge in [-0.3, -0.25) is 14.4 Å². The van der Waals surface area contributed by atoms with Crippen molar-refractivity contribution in [3.05, 3.63) is 49.6 Å². The molecule has 0 radical (unpaired) electrons. The summed E-state index contributed by atoms with van der Waals surface area (Å²) >= 11 is 1.60. The van der Waals surface area contributed by atoms with Crippen LogP contribution in [0.4, 0.5) is 0 Å². The maximum Gasteiger partial charge on any atom is 0.310 e. The normalized spacial score (nSPS) is 27.0. The molecule has 11 heteroatoms. The van der Waals surface area contributed by atoms with Crippen molar-refractivity contribution in [1.29, 1.82) is 0 Å².